The number of hydrogen-bond donors (Lipinski definition) is 1. The van der Waals surface area contributed by atoms with Gasteiger partial charge in [0.05, 0.1) is 37.1 Å². The summed E-state index contributed by atoms with van der Waals surface area (Å²) in [5.41, 5.74) is 1.12. The summed E-state index contributed by atoms with van der Waals surface area (Å²) in [7, 11) is 4.94. The Hall–Kier alpha value is -5.24. The first-order valence-electron chi connectivity index (χ1n) is 13.0. The molecule has 4 aromatic rings. The Balaban J connectivity index is 1.40. The first-order chi connectivity index (χ1) is 20.0. The highest BCUT2D eigenvalue weighted by atomic mass is 19.3. The van der Waals surface area contributed by atoms with Crippen LogP contribution in [0.5, 0.6) is 5.75 Å². The molecule has 0 aliphatic carbocycles. The molecule has 0 radical (unpaired) electrons. The lowest BCUT2D eigenvalue weighted by Crippen LogP contribution is -2.47. The Morgan fingerprint density at radius 2 is 1.88 bits per heavy atom. The van der Waals surface area contributed by atoms with Crippen LogP contribution in [0.4, 0.5) is 26.0 Å². The Morgan fingerprint density at radius 3 is 2.55 bits per heavy atom. The van der Waals surface area contributed by atoms with E-state index in [4.69, 9.17) is 11.2 Å². The van der Waals surface area contributed by atoms with Crippen LogP contribution in [0.3, 0.4) is 0 Å². The van der Waals surface area contributed by atoms with E-state index in [0.29, 0.717) is 29.4 Å². The van der Waals surface area contributed by atoms with Gasteiger partial charge in [-0.3, -0.25) is 14.3 Å². The predicted molar refractivity (Wildman–Crippen MR) is 155 cm³/mol. The van der Waals surface area contributed by atoms with Crippen molar-refractivity contribution in [3.63, 3.8) is 0 Å². The number of nitrogens with one attached hydrogen (secondary N) is 1. The van der Waals surface area contributed by atoms with E-state index in [1.165, 1.54) is 71.5 Å². The zero-order valence-corrected chi connectivity index (χ0v) is 23.4. The van der Waals surface area contributed by atoms with Crippen molar-refractivity contribution in [2.75, 3.05) is 36.3 Å². The van der Waals surface area contributed by atoms with E-state index in [9.17, 15) is 9.59 Å². The number of amides is 2. The van der Waals surface area contributed by atoms with Crippen LogP contribution in [0, 0.1) is 12.3 Å². The molecular weight excluding hydrogens is 542 g/mol. The van der Waals surface area contributed by atoms with Crippen LogP contribution in [0.2, 0.25) is 0 Å². The standard InChI is InChI=1S/C31H28F2N6O3/c1-6-20-15-21(7-12-26(20)42-5)29(40)36-25-17-35-38-18-19(2)39(30(41)28(25)38)24-10-8-22(9-11-24)31(32,33)23-13-14-34-27(16-23)37(3)4/h1,7-17,19H,18H2,2-5H3,(H,36,40)/t19-/m0/s1. The van der Waals surface area contributed by atoms with Crippen molar-refractivity contribution in [2.45, 2.75) is 25.4 Å². The molecule has 42 heavy (non-hydrogen) atoms. The van der Waals surface area contributed by atoms with Crippen LogP contribution in [-0.2, 0) is 12.5 Å². The molecule has 9 nitrogen and oxygen atoms in total. The quantitative estimate of drug-likeness (QED) is 0.322. The Kier molecular flexibility index (Phi) is 7.39. The maximum atomic E-state index is 15.4. The Morgan fingerprint density at radius 1 is 1.14 bits per heavy atom. The smallest absolute Gasteiger partial charge is 0.298 e. The molecule has 1 aliphatic heterocycles. The molecule has 2 aromatic heterocycles. The van der Waals surface area contributed by atoms with Gasteiger partial charge < -0.3 is 19.9 Å². The number of nitrogens with zero attached hydrogens (tertiary/aromatic N) is 5. The van der Waals surface area contributed by atoms with E-state index in [-0.39, 0.29) is 34.1 Å². The van der Waals surface area contributed by atoms with Crippen LogP contribution in [0.25, 0.3) is 0 Å². The number of methoxy groups -OCH3 is 1. The molecular formula is C31H28F2N6O3. The summed E-state index contributed by atoms with van der Waals surface area (Å²) in [6, 6.07) is 12.6. The largest absolute Gasteiger partial charge is 0.495 e. The lowest BCUT2D eigenvalue weighted by atomic mass is 10.00. The number of benzene rings is 2. The summed E-state index contributed by atoms with van der Waals surface area (Å²) in [6.45, 7) is 2.17. The number of carbonyl (C=O) groups excluding carboxylic acids is 2. The lowest BCUT2D eigenvalue weighted by molar-refractivity contribution is 0.0428. The molecule has 0 bridgehead atoms. The van der Waals surface area contributed by atoms with Gasteiger partial charge in [0, 0.05) is 42.7 Å². The van der Waals surface area contributed by atoms with E-state index < -0.39 is 17.7 Å². The second kappa shape index (κ2) is 11.0. The van der Waals surface area contributed by atoms with Crippen molar-refractivity contribution >= 4 is 29.0 Å². The number of halogens is 2. The van der Waals surface area contributed by atoms with E-state index in [0.717, 1.165) is 0 Å². The minimum atomic E-state index is -3.28. The molecule has 11 heteroatoms. The summed E-state index contributed by atoms with van der Waals surface area (Å²) >= 11 is 0. The Labute approximate surface area is 241 Å². The summed E-state index contributed by atoms with van der Waals surface area (Å²) in [4.78, 5) is 34.0. The van der Waals surface area contributed by atoms with Crippen LogP contribution in [0.1, 0.15) is 44.5 Å². The van der Waals surface area contributed by atoms with E-state index >= 15 is 8.78 Å². The second-order valence-electron chi connectivity index (χ2n) is 10.0. The van der Waals surface area contributed by atoms with Gasteiger partial charge >= 0.3 is 0 Å². The predicted octanol–water partition coefficient (Wildman–Crippen LogP) is 4.78. The molecule has 0 fully saturated rings. The summed E-state index contributed by atoms with van der Waals surface area (Å²) in [6.07, 6.45) is 8.29. The van der Waals surface area contributed by atoms with E-state index in [1.54, 1.807) is 31.1 Å². The molecule has 0 saturated carbocycles. The molecule has 1 N–H and O–H groups in total. The van der Waals surface area contributed by atoms with Crippen molar-refractivity contribution < 1.29 is 23.1 Å². The van der Waals surface area contributed by atoms with Gasteiger partial charge in [-0.15, -0.1) is 6.42 Å². The fraction of sp³-hybridized carbons (Fsp3) is 0.226. The highest BCUT2D eigenvalue weighted by Crippen LogP contribution is 2.38. The van der Waals surface area contributed by atoms with Gasteiger partial charge in [-0.1, -0.05) is 18.1 Å². The van der Waals surface area contributed by atoms with E-state index in [2.05, 4.69) is 21.3 Å². The lowest BCUT2D eigenvalue weighted by Gasteiger charge is -2.34. The number of fused-ring (bicyclic) bond motifs is 1. The SMILES string of the molecule is C#Cc1cc(C(=O)Nc2cnn3c2C(=O)N(c2ccc(C(F)(F)c4ccnc(N(C)C)c4)cc2)[C@@H](C)C3)ccc1OC. The van der Waals surface area contributed by atoms with Crippen molar-refractivity contribution in [2.24, 2.45) is 0 Å². The summed E-state index contributed by atoms with van der Waals surface area (Å²) < 4.78 is 37.6. The second-order valence-corrected chi connectivity index (χ2v) is 10.0. The molecule has 0 unspecified atom stereocenters. The molecule has 214 valence electrons. The highest BCUT2D eigenvalue weighted by molar-refractivity contribution is 6.13. The van der Waals surface area contributed by atoms with Gasteiger partial charge in [-0.05, 0) is 49.4 Å². The topological polar surface area (TPSA) is 92.6 Å². The van der Waals surface area contributed by atoms with Gasteiger partial charge in [0.25, 0.3) is 17.7 Å². The summed E-state index contributed by atoms with van der Waals surface area (Å²) in [5.74, 6) is -0.831. The number of alkyl halides is 2. The maximum Gasteiger partial charge on any atom is 0.298 e. The van der Waals surface area contributed by atoms with Gasteiger partial charge in [0.1, 0.15) is 17.3 Å². The number of anilines is 3. The third-order valence-electron chi connectivity index (χ3n) is 7.08. The van der Waals surface area contributed by atoms with Crippen LogP contribution < -0.4 is 19.9 Å². The minimum absolute atomic E-state index is 0.176. The van der Waals surface area contributed by atoms with Crippen molar-refractivity contribution in [1.29, 1.82) is 0 Å². The summed E-state index contributed by atoms with van der Waals surface area (Å²) in [5, 5.41) is 7.03. The zero-order valence-electron chi connectivity index (χ0n) is 23.4. The van der Waals surface area contributed by atoms with Crippen molar-refractivity contribution in [3.05, 3.63) is 94.9 Å². The number of ether oxygens (including phenoxy) is 1. The molecule has 0 saturated heterocycles. The molecule has 2 amide bonds. The Bertz CT molecular complexity index is 1710. The number of aromatic nitrogens is 3. The van der Waals surface area contributed by atoms with Crippen molar-refractivity contribution in [1.82, 2.24) is 14.8 Å². The normalized spacial score (nSPS) is 14.6. The van der Waals surface area contributed by atoms with Crippen LogP contribution >= 0.6 is 0 Å². The fourth-order valence-electron chi connectivity index (χ4n) is 4.87. The molecule has 1 aliphatic rings. The number of pyridine rings is 1. The van der Waals surface area contributed by atoms with Crippen LogP contribution in [-0.4, -0.2) is 53.8 Å². The molecule has 5 rings (SSSR count). The highest BCUT2D eigenvalue weighted by Gasteiger charge is 2.37. The fourth-order valence-corrected chi connectivity index (χ4v) is 4.87. The third-order valence-corrected chi connectivity index (χ3v) is 7.08. The molecule has 2 aromatic carbocycles. The van der Waals surface area contributed by atoms with Crippen LogP contribution in [0.15, 0.2) is 67.0 Å². The number of rotatable bonds is 7. The third kappa shape index (κ3) is 5.03. The van der Waals surface area contributed by atoms with Gasteiger partial charge in [-0.25, -0.2) is 4.98 Å². The van der Waals surface area contributed by atoms with E-state index in [1.807, 2.05) is 6.92 Å². The molecule has 3 heterocycles. The van der Waals surface area contributed by atoms with Gasteiger partial charge in [0.15, 0.2) is 0 Å². The minimum Gasteiger partial charge on any atom is -0.495 e. The number of terminal acetylenes is 1. The molecule has 0 spiro atoms. The average Bonchev–Trinajstić information content (AvgIpc) is 3.39. The zero-order chi connectivity index (χ0) is 30.2. The van der Waals surface area contributed by atoms with Gasteiger partial charge in [0.2, 0.25) is 0 Å². The maximum absolute atomic E-state index is 15.4. The molecule has 1 atom stereocenters. The monoisotopic (exact) mass is 570 g/mol. The average molecular weight is 571 g/mol. The first-order valence-corrected chi connectivity index (χ1v) is 13.0. The van der Waals surface area contributed by atoms with Gasteiger partial charge in [-0.2, -0.15) is 13.9 Å². The number of hydrogen-bond acceptors (Lipinski definition) is 6. The first kappa shape index (κ1) is 28.3. The number of carbonyl (C=O) groups is 2. The van der Waals surface area contributed by atoms with Crippen molar-refractivity contribution in [3.8, 4) is 18.1 Å².